The number of non-ortho nitro benzene ring substituents is 1. The molecule has 0 amide bonds. The lowest BCUT2D eigenvalue weighted by Gasteiger charge is -2.07. The van der Waals surface area contributed by atoms with E-state index in [2.05, 4.69) is 15.3 Å². The van der Waals surface area contributed by atoms with Crippen LogP contribution in [0.1, 0.15) is 5.82 Å². The molecule has 0 saturated carbocycles. The predicted molar refractivity (Wildman–Crippen MR) is 58.9 cm³/mol. The van der Waals surface area contributed by atoms with Gasteiger partial charge in [0.1, 0.15) is 11.5 Å². The van der Waals surface area contributed by atoms with Gasteiger partial charge in [-0.25, -0.2) is 13.8 Å². The molecule has 0 fully saturated rings. The fourth-order valence-corrected chi connectivity index (χ4v) is 1.40. The molecule has 1 aromatic carbocycles. The van der Waals surface area contributed by atoms with Crippen LogP contribution in [0.5, 0.6) is 0 Å². The van der Waals surface area contributed by atoms with Gasteiger partial charge in [-0.3, -0.25) is 10.1 Å². The van der Waals surface area contributed by atoms with E-state index in [4.69, 9.17) is 0 Å². The van der Waals surface area contributed by atoms with Gasteiger partial charge in [0.15, 0.2) is 11.6 Å². The minimum atomic E-state index is -1.02. The average molecular weight is 254 g/mol. The first-order chi connectivity index (χ1) is 8.58. The van der Waals surface area contributed by atoms with Gasteiger partial charge in [-0.1, -0.05) is 0 Å². The Balaban J connectivity index is 2.20. The van der Waals surface area contributed by atoms with Gasteiger partial charge < -0.3 is 10.3 Å². The number of halogens is 2. The van der Waals surface area contributed by atoms with E-state index in [1.165, 1.54) is 6.20 Å². The van der Waals surface area contributed by atoms with Crippen molar-refractivity contribution < 1.29 is 13.7 Å². The normalized spacial score (nSPS) is 10.3. The summed E-state index contributed by atoms with van der Waals surface area (Å²) in [6, 6.07) is 1.32. The van der Waals surface area contributed by atoms with Gasteiger partial charge in [-0.05, 0) is 0 Å². The smallest absolute Gasteiger partial charge is 0.275 e. The van der Waals surface area contributed by atoms with E-state index in [1.54, 1.807) is 6.20 Å². The zero-order valence-corrected chi connectivity index (χ0v) is 8.98. The van der Waals surface area contributed by atoms with Crippen molar-refractivity contribution in [2.24, 2.45) is 0 Å². The van der Waals surface area contributed by atoms with Crippen LogP contribution in [-0.4, -0.2) is 14.9 Å². The fraction of sp³-hybridized carbons (Fsp3) is 0.100. The number of hydrogen-bond acceptors (Lipinski definition) is 4. The summed E-state index contributed by atoms with van der Waals surface area (Å²) >= 11 is 0. The molecule has 6 nitrogen and oxygen atoms in total. The molecular formula is C10H8F2N4O2. The third kappa shape index (κ3) is 2.42. The van der Waals surface area contributed by atoms with Crippen molar-refractivity contribution in [2.75, 3.05) is 5.32 Å². The van der Waals surface area contributed by atoms with Crippen LogP contribution in [0.25, 0.3) is 0 Å². The molecule has 0 bridgehead atoms. The van der Waals surface area contributed by atoms with Crippen LogP contribution in [0.3, 0.4) is 0 Å². The number of imidazole rings is 1. The maximum Gasteiger partial charge on any atom is 0.275 e. The summed E-state index contributed by atoms with van der Waals surface area (Å²) in [6.07, 6.45) is 3.07. The highest BCUT2D eigenvalue weighted by molar-refractivity contribution is 5.51. The van der Waals surface area contributed by atoms with E-state index in [0.717, 1.165) is 0 Å². The molecular weight excluding hydrogens is 246 g/mol. The van der Waals surface area contributed by atoms with Gasteiger partial charge in [-0.15, -0.1) is 0 Å². The van der Waals surface area contributed by atoms with Crippen LogP contribution >= 0.6 is 0 Å². The third-order valence-corrected chi connectivity index (χ3v) is 2.23. The molecule has 0 atom stereocenters. The van der Waals surface area contributed by atoms with Gasteiger partial charge >= 0.3 is 0 Å². The second-order valence-corrected chi connectivity index (χ2v) is 3.43. The number of H-pyrrole nitrogens is 1. The Hall–Kier alpha value is -2.51. The summed E-state index contributed by atoms with van der Waals surface area (Å²) in [4.78, 5) is 16.2. The van der Waals surface area contributed by atoms with Crippen molar-refractivity contribution in [1.29, 1.82) is 0 Å². The quantitative estimate of drug-likeness (QED) is 0.647. The average Bonchev–Trinajstić information content (AvgIpc) is 2.80. The zero-order chi connectivity index (χ0) is 13.1. The fourth-order valence-electron chi connectivity index (χ4n) is 1.40. The van der Waals surface area contributed by atoms with Crippen molar-refractivity contribution in [2.45, 2.75) is 6.54 Å². The number of anilines is 1. The summed E-state index contributed by atoms with van der Waals surface area (Å²) in [5, 5.41) is 12.9. The van der Waals surface area contributed by atoms with Crippen LogP contribution in [0.2, 0.25) is 0 Å². The molecule has 0 aliphatic rings. The Morgan fingerprint density at radius 1 is 1.39 bits per heavy atom. The molecule has 18 heavy (non-hydrogen) atoms. The lowest BCUT2D eigenvalue weighted by Crippen LogP contribution is -2.06. The number of hydrogen-bond donors (Lipinski definition) is 2. The summed E-state index contributed by atoms with van der Waals surface area (Å²) in [5.74, 6) is -1.55. The molecule has 2 aromatic rings. The molecule has 2 N–H and O–H groups in total. The van der Waals surface area contributed by atoms with Crippen LogP contribution < -0.4 is 5.32 Å². The first-order valence-electron chi connectivity index (χ1n) is 4.93. The maximum absolute atomic E-state index is 13.5. The maximum atomic E-state index is 13.5. The monoisotopic (exact) mass is 254 g/mol. The minimum Gasteiger partial charge on any atom is -0.373 e. The lowest BCUT2D eigenvalue weighted by molar-refractivity contribution is -0.385. The number of nitrogens with zero attached hydrogens (tertiary/aromatic N) is 2. The molecule has 0 aliphatic heterocycles. The topological polar surface area (TPSA) is 83.8 Å². The first-order valence-corrected chi connectivity index (χ1v) is 4.93. The molecule has 0 spiro atoms. The number of nitrogens with one attached hydrogen (secondary N) is 2. The van der Waals surface area contributed by atoms with Crippen molar-refractivity contribution in [3.63, 3.8) is 0 Å². The molecule has 0 aliphatic carbocycles. The molecule has 2 rings (SSSR count). The van der Waals surface area contributed by atoms with E-state index in [1.807, 2.05) is 0 Å². The molecule has 0 saturated heterocycles. The minimum absolute atomic E-state index is 0.0820. The molecule has 1 aromatic heterocycles. The van der Waals surface area contributed by atoms with E-state index in [0.29, 0.717) is 18.0 Å². The number of nitro groups is 1. The largest absolute Gasteiger partial charge is 0.373 e. The molecule has 8 heteroatoms. The number of aromatic nitrogens is 2. The standard InChI is InChI=1S/C10H8F2N4O2/c11-7-3-6(16(17)18)4-8(12)10(7)15-5-9-13-1-2-14-9/h1-4,15H,5H2,(H,13,14). The number of rotatable bonds is 4. The van der Waals surface area contributed by atoms with Crippen molar-refractivity contribution in [3.05, 3.63) is 52.1 Å². The first kappa shape index (κ1) is 12.0. The van der Waals surface area contributed by atoms with Crippen LogP contribution in [0.4, 0.5) is 20.2 Å². The van der Waals surface area contributed by atoms with E-state index in [-0.39, 0.29) is 6.54 Å². The summed E-state index contributed by atoms with van der Waals surface area (Å²) in [5.41, 5.74) is -1.05. The Morgan fingerprint density at radius 3 is 2.56 bits per heavy atom. The van der Waals surface area contributed by atoms with Crippen LogP contribution in [-0.2, 0) is 6.54 Å². The van der Waals surface area contributed by atoms with E-state index in [9.17, 15) is 18.9 Å². The number of nitro benzene ring substituents is 1. The summed E-state index contributed by atoms with van der Waals surface area (Å²) in [7, 11) is 0. The van der Waals surface area contributed by atoms with Crippen molar-refractivity contribution in [1.82, 2.24) is 9.97 Å². The molecule has 0 radical (unpaired) electrons. The molecule has 0 unspecified atom stereocenters. The van der Waals surface area contributed by atoms with Crippen molar-refractivity contribution >= 4 is 11.4 Å². The highest BCUT2D eigenvalue weighted by Gasteiger charge is 2.16. The predicted octanol–water partition coefficient (Wildman–Crippen LogP) is 2.21. The lowest BCUT2D eigenvalue weighted by atomic mass is 10.2. The van der Waals surface area contributed by atoms with Crippen LogP contribution in [0, 0.1) is 21.7 Å². The number of aromatic amines is 1. The number of benzene rings is 1. The van der Waals surface area contributed by atoms with E-state index >= 15 is 0 Å². The van der Waals surface area contributed by atoms with Gasteiger partial charge in [0, 0.05) is 12.4 Å². The van der Waals surface area contributed by atoms with Gasteiger partial charge in [0.2, 0.25) is 0 Å². The Kier molecular flexibility index (Phi) is 3.18. The van der Waals surface area contributed by atoms with Gasteiger partial charge in [0.05, 0.1) is 23.6 Å². The Bertz CT molecular complexity index is 548. The highest BCUT2D eigenvalue weighted by Crippen LogP contribution is 2.24. The van der Waals surface area contributed by atoms with E-state index < -0.39 is 27.9 Å². The zero-order valence-electron chi connectivity index (χ0n) is 8.98. The highest BCUT2D eigenvalue weighted by atomic mass is 19.1. The van der Waals surface area contributed by atoms with Crippen LogP contribution in [0.15, 0.2) is 24.5 Å². The SMILES string of the molecule is O=[N+]([O-])c1cc(F)c(NCc2ncc[nH]2)c(F)c1. The summed E-state index contributed by atoms with van der Waals surface area (Å²) < 4.78 is 26.9. The Morgan fingerprint density at radius 2 is 2.06 bits per heavy atom. The summed E-state index contributed by atoms with van der Waals surface area (Å²) in [6.45, 7) is 0.0820. The van der Waals surface area contributed by atoms with Gasteiger partial charge in [-0.2, -0.15) is 0 Å². The van der Waals surface area contributed by atoms with Gasteiger partial charge in [0.25, 0.3) is 5.69 Å². The molecule has 1 heterocycles. The van der Waals surface area contributed by atoms with Crippen molar-refractivity contribution in [3.8, 4) is 0 Å². The second kappa shape index (κ2) is 4.78. The second-order valence-electron chi connectivity index (χ2n) is 3.43. The molecule has 94 valence electrons. The Labute approximate surface area is 99.8 Å². The third-order valence-electron chi connectivity index (χ3n) is 2.23.